The van der Waals surface area contributed by atoms with E-state index in [-0.39, 0.29) is 11.9 Å². The van der Waals surface area contributed by atoms with Crippen LogP contribution in [0.2, 0.25) is 0 Å². The number of carbonyl (C=O) groups excluding carboxylic acids is 1. The summed E-state index contributed by atoms with van der Waals surface area (Å²) < 4.78 is 0. The van der Waals surface area contributed by atoms with Crippen molar-refractivity contribution < 1.29 is 9.90 Å². The molecule has 0 heterocycles. The van der Waals surface area contributed by atoms with Gasteiger partial charge in [0.2, 0.25) is 0 Å². The zero-order valence-electron chi connectivity index (χ0n) is 12.3. The van der Waals surface area contributed by atoms with Gasteiger partial charge < -0.3 is 15.7 Å². The maximum absolute atomic E-state index is 12.4. The van der Waals surface area contributed by atoms with Crippen LogP contribution in [0.25, 0.3) is 0 Å². The lowest BCUT2D eigenvalue weighted by atomic mass is 10.0. The fourth-order valence-electron chi connectivity index (χ4n) is 2.77. The Hall–Kier alpha value is -1.55. The molecule has 2 rings (SSSR count). The van der Waals surface area contributed by atoms with Gasteiger partial charge in [-0.1, -0.05) is 25.3 Å². The van der Waals surface area contributed by atoms with Crippen molar-refractivity contribution in [2.24, 2.45) is 0 Å². The zero-order chi connectivity index (χ0) is 14.5. The van der Waals surface area contributed by atoms with E-state index in [1.807, 2.05) is 32.2 Å². The molecule has 4 heteroatoms. The molecule has 4 nitrogen and oxygen atoms in total. The minimum atomic E-state index is -0.426. The Labute approximate surface area is 120 Å². The van der Waals surface area contributed by atoms with Gasteiger partial charge in [0.15, 0.2) is 0 Å². The van der Waals surface area contributed by atoms with Crippen LogP contribution in [0.1, 0.15) is 48.0 Å². The molecule has 0 saturated heterocycles. The molecule has 1 aromatic carbocycles. The van der Waals surface area contributed by atoms with E-state index in [1.54, 1.807) is 0 Å². The lowest BCUT2D eigenvalue weighted by Gasteiger charge is -2.22. The number of anilines is 1. The van der Waals surface area contributed by atoms with Gasteiger partial charge in [-0.05, 0) is 37.5 Å². The number of aliphatic hydroxyl groups is 1. The van der Waals surface area contributed by atoms with E-state index in [4.69, 9.17) is 0 Å². The Balaban J connectivity index is 2.11. The average Bonchev–Trinajstić information content (AvgIpc) is 2.64. The molecular formula is C16H24N2O2. The lowest BCUT2D eigenvalue weighted by molar-refractivity contribution is 0.0819. The molecule has 2 unspecified atom stereocenters. The molecule has 1 amide bonds. The van der Waals surface area contributed by atoms with Gasteiger partial charge in [0.05, 0.1) is 17.7 Å². The third-order valence-corrected chi connectivity index (χ3v) is 3.99. The normalized spacial score (nSPS) is 22.9. The second-order valence-corrected chi connectivity index (χ2v) is 5.58. The standard InChI is InChI=1S/C16H24N2O2/c1-11-8-9-12(14(10-11)17-2)16(20)18-13-6-4-3-5-7-15(13)19/h8-10,13,15,17,19H,3-7H2,1-2H3,(H,18,20). The van der Waals surface area contributed by atoms with Crippen molar-refractivity contribution in [3.8, 4) is 0 Å². The van der Waals surface area contributed by atoms with Crippen molar-refractivity contribution >= 4 is 11.6 Å². The molecule has 3 N–H and O–H groups in total. The molecule has 1 aromatic rings. The van der Waals surface area contributed by atoms with Gasteiger partial charge in [-0.3, -0.25) is 4.79 Å². The monoisotopic (exact) mass is 276 g/mol. The Morgan fingerprint density at radius 1 is 1.25 bits per heavy atom. The molecule has 1 aliphatic rings. The van der Waals surface area contributed by atoms with Crippen LogP contribution in [0.15, 0.2) is 18.2 Å². The smallest absolute Gasteiger partial charge is 0.253 e. The highest BCUT2D eigenvalue weighted by Gasteiger charge is 2.24. The Morgan fingerprint density at radius 2 is 2.00 bits per heavy atom. The highest BCUT2D eigenvalue weighted by atomic mass is 16.3. The third-order valence-electron chi connectivity index (χ3n) is 3.99. The Kier molecular flexibility index (Phi) is 5.01. The van der Waals surface area contributed by atoms with E-state index >= 15 is 0 Å². The Morgan fingerprint density at radius 3 is 2.75 bits per heavy atom. The van der Waals surface area contributed by atoms with E-state index in [2.05, 4.69) is 10.6 Å². The summed E-state index contributed by atoms with van der Waals surface area (Å²) in [5, 5.41) is 16.1. The summed E-state index contributed by atoms with van der Waals surface area (Å²) in [7, 11) is 1.81. The van der Waals surface area contributed by atoms with E-state index < -0.39 is 6.10 Å². The molecule has 1 fully saturated rings. The molecule has 0 aliphatic heterocycles. The van der Waals surface area contributed by atoms with E-state index in [1.165, 1.54) is 0 Å². The summed E-state index contributed by atoms with van der Waals surface area (Å²) in [5.74, 6) is -0.111. The molecular weight excluding hydrogens is 252 g/mol. The molecule has 110 valence electrons. The number of aliphatic hydroxyl groups excluding tert-OH is 1. The van der Waals surface area contributed by atoms with Crippen LogP contribution < -0.4 is 10.6 Å². The first-order chi connectivity index (χ1) is 9.61. The topological polar surface area (TPSA) is 61.4 Å². The Bertz CT molecular complexity index is 474. The number of hydrogen-bond donors (Lipinski definition) is 3. The van der Waals surface area contributed by atoms with Crippen LogP contribution in [-0.4, -0.2) is 30.2 Å². The fourth-order valence-corrected chi connectivity index (χ4v) is 2.77. The highest BCUT2D eigenvalue weighted by Crippen LogP contribution is 2.21. The minimum absolute atomic E-state index is 0.111. The first-order valence-corrected chi connectivity index (χ1v) is 7.39. The van der Waals surface area contributed by atoms with Crippen LogP contribution in [0.5, 0.6) is 0 Å². The molecule has 2 atom stereocenters. The van der Waals surface area contributed by atoms with Crippen molar-refractivity contribution in [2.45, 2.75) is 51.2 Å². The van der Waals surface area contributed by atoms with Crippen molar-refractivity contribution in [3.05, 3.63) is 29.3 Å². The van der Waals surface area contributed by atoms with Crippen LogP contribution in [-0.2, 0) is 0 Å². The maximum atomic E-state index is 12.4. The zero-order valence-corrected chi connectivity index (χ0v) is 12.3. The number of carbonyl (C=O) groups is 1. The van der Waals surface area contributed by atoms with Gasteiger partial charge in [0, 0.05) is 12.7 Å². The summed E-state index contributed by atoms with van der Waals surface area (Å²) >= 11 is 0. The number of aryl methyl sites for hydroxylation is 1. The summed E-state index contributed by atoms with van der Waals surface area (Å²) in [5.41, 5.74) is 2.57. The van der Waals surface area contributed by atoms with Crippen molar-refractivity contribution in [3.63, 3.8) is 0 Å². The summed E-state index contributed by atoms with van der Waals surface area (Å²) in [4.78, 5) is 12.4. The van der Waals surface area contributed by atoms with Gasteiger partial charge in [0.1, 0.15) is 0 Å². The lowest BCUT2D eigenvalue weighted by Crippen LogP contribution is -2.42. The fraction of sp³-hybridized carbons (Fsp3) is 0.562. The molecule has 0 radical (unpaired) electrons. The average molecular weight is 276 g/mol. The largest absolute Gasteiger partial charge is 0.391 e. The molecule has 1 saturated carbocycles. The summed E-state index contributed by atoms with van der Waals surface area (Å²) in [6, 6.07) is 5.59. The van der Waals surface area contributed by atoms with Gasteiger partial charge in [-0.25, -0.2) is 0 Å². The molecule has 0 aromatic heterocycles. The van der Waals surface area contributed by atoms with Crippen molar-refractivity contribution in [1.82, 2.24) is 5.32 Å². The molecule has 20 heavy (non-hydrogen) atoms. The van der Waals surface area contributed by atoms with Gasteiger partial charge in [-0.15, -0.1) is 0 Å². The van der Waals surface area contributed by atoms with E-state index in [0.717, 1.165) is 43.4 Å². The number of amides is 1. The minimum Gasteiger partial charge on any atom is -0.391 e. The van der Waals surface area contributed by atoms with Crippen molar-refractivity contribution in [2.75, 3.05) is 12.4 Å². The van der Waals surface area contributed by atoms with Crippen LogP contribution in [0.3, 0.4) is 0 Å². The first kappa shape index (κ1) is 14.9. The SMILES string of the molecule is CNc1cc(C)ccc1C(=O)NC1CCCCCC1O. The van der Waals surface area contributed by atoms with Crippen LogP contribution >= 0.6 is 0 Å². The predicted octanol–water partition coefficient (Wildman–Crippen LogP) is 2.46. The summed E-state index contributed by atoms with van der Waals surface area (Å²) in [6.45, 7) is 2.00. The second kappa shape index (κ2) is 6.75. The molecule has 0 spiro atoms. The van der Waals surface area contributed by atoms with Crippen molar-refractivity contribution in [1.29, 1.82) is 0 Å². The van der Waals surface area contributed by atoms with E-state index in [9.17, 15) is 9.90 Å². The van der Waals surface area contributed by atoms with Crippen LogP contribution in [0, 0.1) is 6.92 Å². The molecule has 0 bridgehead atoms. The van der Waals surface area contributed by atoms with Gasteiger partial charge in [-0.2, -0.15) is 0 Å². The maximum Gasteiger partial charge on any atom is 0.253 e. The van der Waals surface area contributed by atoms with E-state index in [0.29, 0.717) is 5.56 Å². The van der Waals surface area contributed by atoms with Crippen LogP contribution in [0.4, 0.5) is 5.69 Å². The number of nitrogens with one attached hydrogen (secondary N) is 2. The number of hydrogen-bond acceptors (Lipinski definition) is 3. The number of rotatable bonds is 3. The number of benzene rings is 1. The second-order valence-electron chi connectivity index (χ2n) is 5.58. The summed E-state index contributed by atoms with van der Waals surface area (Å²) in [6.07, 6.45) is 4.44. The quantitative estimate of drug-likeness (QED) is 0.743. The van der Waals surface area contributed by atoms with Gasteiger partial charge in [0.25, 0.3) is 5.91 Å². The highest BCUT2D eigenvalue weighted by molar-refractivity contribution is 5.99. The van der Waals surface area contributed by atoms with Gasteiger partial charge >= 0.3 is 0 Å². The predicted molar refractivity (Wildman–Crippen MR) is 81.1 cm³/mol. The third kappa shape index (κ3) is 3.51. The molecule has 1 aliphatic carbocycles. The first-order valence-electron chi connectivity index (χ1n) is 7.39.